The second kappa shape index (κ2) is 4.70. The van der Waals surface area contributed by atoms with Crippen molar-refractivity contribution in [3.63, 3.8) is 0 Å². The molecule has 96 valence electrons. The van der Waals surface area contributed by atoms with Crippen LogP contribution in [0.25, 0.3) is 0 Å². The summed E-state index contributed by atoms with van der Waals surface area (Å²) in [4.78, 5) is 0.0773. The number of H-pyrrole nitrogens is 1. The number of rotatable bonds is 4. The molecule has 8 nitrogen and oxygen atoms in total. The van der Waals surface area contributed by atoms with E-state index in [1.807, 2.05) is 0 Å². The molecular formula is C9H12N6O2S. The highest BCUT2D eigenvalue weighted by Crippen LogP contribution is 2.21. The van der Waals surface area contributed by atoms with Gasteiger partial charge >= 0.3 is 0 Å². The molecule has 2 rings (SSSR count). The Morgan fingerprint density at radius 2 is 2.22 bits per heavy atom. The largest absolute Gasteiger partial charge is 0.398 e. The molecule has 0 fully saturated rings. The lowest BCUT2D eigenvalue weighted by molar-refractivity contribution is 0.579. The number of anilines is 1. The quantitative estimate of drug-likeness (QED) is 0.646. The van der Waals surface area contributed by atoms with E-state index in [0.29, 0.717) is 5.56 Å². The van der Waals surface area contributed by atoms with Crippen molar-refractivity contribution in [1.82, 2.24) is 25.3 Å². The van der Waals surface area contributed by atoms with E-state index in [0.717, 1.165) is 0 Å². The molecule has 0 bridgehead atoms. The number of sulfonamides is 1. The molecule has 0 saturated heterocycles. The number of benzene rings is 1. The fourth-order valence-corrected chi connectivity index (χ4v) is 2.87. The van der Waals surface area contributed by atoms with E-state index in [4.69, 9.17) is 5.73 Å². The third-order valence-electron chi connectivity index (χ3n) is 2.32. The van der Waals surface area contributed by atoms with Crippen molar-refractivity contribution < 1.29 is 8.42 Å². The maximum absolute atomic E-state index is 12.1. The zero-order valence-corrected chi connectivity index (χ0v) is 10.4. The fourth-order valence-electron chi connectivity index (χ4n) is 1.53. The molecule has 1 heterocycles. The van der Waals surface area contributed by atoms with Gasteiger partial charge in [0.25, 0.3) is 0 Å². The molecule has 0 amide bonds. The summed E-state index contributed by atoms with van der Waals surface area (Å²) < 4.78 is 26.6. The molecule has 0 saturated carbocycles. The van der Waals surface area contributed by atoms with Gasteiger partial charge in [0.2, 0.25) is 10.0 Å². The highest BCUT2D eigenvalue weighted by atomic mass is 32.2. The van der Waals surface area contributed by atoms with E-state index >= 15 is 0 Å². The Hall–Kier alpha value is -2.00. The van der Waals surface area contributed by atoms with Crippen molar-refractivity contribution in [3.8, 4) is 0 Å². The Labute approximate surface area is 104 Å². The molecule has 0 spiro atoms. The van der Waals surface area contributed by atoms with Crippen molar-refractivity contribution in [2.75, 3.05) is 5.73 Å². The van der Waals surface area contributed by atoms with Gasteiger partial charge in [0.05, 0.1) is 12.2 Å². The molecule has 1 aromatic carbocycles. The van der Waals surface area contributed by atoms with Crippen molar-refractivity contribution in [3.05, 3.63) is 29.6 Å². The van der Waals surface area contributed by atoms with Crippen LogP contribution in [-0.4, -0.2) is 29.0 Å². The van der Waals surface area contributed by atoms with Crippen LogP contribution in [0.3, 0.4) is 0 Å². The van der Waals surface area contributed by atoms with Gasteiger partial charge < -0.3 is 5.73 Å². The predicted molar refractivity (Wildman–Crippen MR) is 63.8 cm³/mol. The number of hydrogen-bond donors (Lipinski definition) is 3. The van der Waals surface area contributed by atoms with Gasteiger partial charge in [0, 0.05) is 0 Å². The first-order valence-corrected chi connectivity index (χ1v) is 6.56. The number of tetrazole rings is 1. The lowest BCUT2D eigenvalue weighted by Crippen LogP contribution is -2.25. The van der Waals surface area contributed by atoms with Crippen molar-refractivity contribution >= 4 is 15.7 Å². The minimum atomic E-state index is -3.69. The van der Waals surface area contributed by atoms with Gasteiger partial charge in [-0.25, -0.2) is 13.1 Å². The maximum Gasteiger partial charge on any atom is 0.243 e. The third-order valence-corrected chi connectivity index (χ3v) is 3.94. The molecule has 0 atom stereocenters. The highest BCUT2D eigenvalue weighted by Gasteiger charge is 2.20. The van der Waals surface area contributed by atoms with E-state index in [2.05, 4.69) is 25.3 Å². The summed E-state index contributed by atoms with van der Waals surface area (Å²) in [6.07, 6.45) is 0. The molecule has 0 aliphatic rings. The van der Waals surface area contributed by atoms with Crippen LogP contribution in [0.15, 0.2) is 23.1 Å². The maximum atomic E-state index is 12.1. The van der Waals surface area contributed by atoms with Crippen molar-refractivity contribution in [1.29, 1.82) is 0 Å². The summed E-state index contributed by atoms with van der Waals surface area (Å²) in [6.45, 7) is 1.63. The molecule has 0 aliphatic heterocycles. The summed E-state index contributed by atoms with van der Waals surface area (Å²) in [5.74, 6) is 0.255. The Bertz CT molecular complexity index is 617. The number of nitrogens with two attached hydrogens (primary N) is 1. The van der Waals surface area contributed by atoms with Crippen LogP contribution in [0, 0.1) is 6.92 Å². The van der Waals surface area contributed by atoms with Crippen LogP contribution in [0.2, 0.25) is 0 Å². The minimum Gasteiger partial charge on any atom is -0.398 e. The highest BCUT2D eigenvalue weighted by molar-refractivity contribution is 7.89. The number of nitrogens with one attached hydrogen (secondary N) is 2. The molecular weight excluding hydrogens is 256 g/mol. The number of nitrogens with zero attached hydrogens (tertiary/aromatic N) is 3. The Kier molecular flexibility index (Phi) is 3.26. The summed E-state index contributed by atoms with van der Waals surface area (Å²) in [7, 11) is -3.69. The Morgan fingerprint density at radius 1 is 1.44 bits per heavy atom. The van der Waals surface area contributed by atoms with Crippen LogP contribution in [0.4, 0.5) is 5.69 Å². The third kappa shape index (κ3) is 2.46. The number of aromatic amines is 1. The van der Waals surface area contributed by atoms with Crippen LogP contribution in [0.1, 0.15) is 11.4 Å². The average Bonchev–Trinajstić information content (AvgIpc) is 2.78. The standard InChI is InChI=1S/C9H12N6O2S/c1-6-3-2-4-7(10)9(6)18(16,17)11-5-8-12-14-15-13-8/h2-4,11H,5,10H2,1H3,(H,12,13,14,15). The zero-order valence-electron chi connectivity index (χ0n) is 9.58. The molecule has 2 aromatic rings. The number of aryl methyl sites for hydroxylation is 1. The fraction of sp³-hybridized carbons (Fsp3) is 0.222. The second-order valence-electron chi connectivity index (χ2n) is 3.65. The molecule has 0 unspecified atom stereocenters. The SMILES string of the molecule is Cc1cccc(N)c1S(=O)(=O)NCc1nn[nH]n1. The van der Waals surface area contributed by atoms with Crippen LogP contribution in [0.5, 0.6) is 0 Å². The van der Waals surface area contributed by atoms with Gasteiger partial charge in [-0.3, -0.25) is 0 Å². The molecule has 1 aromatic heterocycles. The van der Waals surface area contributed by atoms with Gasteiger partial charge in [-0.05, 0) is 18.6 Å². The summed E-state index contributed by atoms with van der Waals surface area (Å²) >= 11 is 0. The van der Waals surface area contributed by atoms with Crippen molar-refractivity contribution in [2.24, 2.45) is 0 Å². The number of hydrogen-bond acceptors (Lipinski definition) is 6. The van der Waals surface area contributed by atoms with Gasteiger partial charge in [-0.15, -0.1) is 10.2 Å². The Morgan fingerprint density at radius 3 is 2.83 bits per heavy atom. The minimum absolute atomic E-state index is 0.0490. The monoisotopic (exact) mass is 268 g/mol. The molecule has 9 heteroatoms. The van der Waals surface area contributed by atoms with Crippen molar-refractivity contribution in [2.45, 2.75) is 18.4 Å². The lowest BCUT2D eigenvalue weighted by atomic mass is 10.2. The summed E-state index contributed by atoms with van der Waals surface area (Å²) in [6, 6.07) is 4.91. The normalized spacial score (nSPS) is 11.6. The zero-order chi connectivity index (χ0) is 13.2. The number of aromatic nitrogens is 4. The second-order valence-corrected chi connectivity index (χ2v) is 5.35. The van der Waals surface area contributed by atoms with E-state index in [1.165, 1.54) is 6.07 Å². The van der Waals surface area contributed by atoms with E-state index in [1.54, 1.807) is 19.1 Å². The first-order chi connectivity index (χ1) is 8.50. The summed E-state index contributed by atoms with van der Waals surface area (Å²) in [5, 5.41) is 12.9. The molecule has 18 heavy (non-hydrogen) atoms. The van der Waals surface area contributed by atoms with Gasteiger partial charge in [0.1, 0.15) is 4.90 Å². The van der Waals surface area contributed by atoms with Crippen LogP contribution >= 0.6 is 0 Å². The topological polar surface area (TPSA) is 127 Å². The first-order valence-electron chi connectivity index (χ1n) is 5.08. The van der Waals surface area contributed by atoms with E-state index in [9.17, 15) is 8.42 Å². The predicted octanol–water partition coefficient (Wildman–Crippen LogP) is -0.431. The molecule has 4 N–H and O–H groups in total. The first kappa shape index (κ1) is 12.5. The van der Waals surface area contributed by atoms with E-state index in [-0.39, 0.29) is 23.0 Å². The van der Waals surface area contributed by atoms with Gasteiger partial charge in [-0.1, -0.05) is 17.3 Å². The smallest absolute Gasteiger partial charge is 0.243 e. The van der Waals surface area contributed by atoms with Gasteiger partial charge in [-0.2, -0.15) is 5.21 Å². The average molecular weight is 268 g/mol. The van der Waals surface area contributed by atoms with Crippen LogP contribution in [-0.2, 0) is 16.6 Å². The summed E-state index contributed by atoms with van der Waals surface area (Å²) in [5.41, 5.74) is 6.47. The lowest BCUT2D eigenvalue weighted by Gasteiger charge is -2.10. The molecule has 0 radical (unpaired) electrons. The molecule has 0 aliphatic carbocycles. The van der Waals surface area contributed by atoms with E-state index < -0.39 is 10.0 Å². The number of nitrogen functional groups attached to an aromatic ring is 1. The van der Waals surface area contributed by atoms with Gasteiger partial charge in [0.15, 0.2) is 5.82 Å². The Balaban J connectivity index is 2.26. The van der Waals surface area contributed by atoms with Crippen LogP contribution < -0.4 is 10.5 Å².